The minimum absolute atomic E-state index is 0.617. The SMILES string of the molecule is c1ccc(-c2ccnc(N(c3ccc4ccccc4c3)c3ccc4ccc5c(N(c6ccccc6)c6ccccc6)ccc6ccc3c4c65)n2)cc1. The normalized spacial score (nSPS) is 11.5. The number of aromatic nitrogens is 2. The number of para-hydroxylation sites is 2. The molecule has 0 spiro atoms. The lowest BCUT2D eigenvalue weighted by molar-refractivity contribution is 1.09. The minimum atomic E-state index is 0.617. The summed E-state index contributed by atoms with van der Waals surface area (Å²) in [4.78, 5) is 14.7. The van der Waals surface area contributed by atoms with E-state index >= 15 is 0 Å². The van der Waals surface area contributed by atoms with E-state index in [2.05, 4.69) is 174 Å². The van der Waals surface area contributed by atoms with Gasteiger partial charge in [0.05, 0.1) is 17.1 Å². The lowest BCUT2D eigenvalue weighted by atomic mass is 9.92. The summed E-state index contributed by atoms with van der Waals surface area (Å²) in [7, 11) is 0. The monoisotopic (exact) mass is 664 g/mol. The van der Waals surface area contributed by atoms with Crippen LogP contribution >= 0.6 is 0 Å². The van der Waals surface area contributed by atoms with Crippen molar-refractivity contribution in [3.05, 3.63) is 194 Å². The van der Waals surface area contributed by atoms with Gasteiger partial charge in [0.15, 0.2) is 0 Å². The summed E-state index contributed by atoms with van der Waals surface area (Å²) in [6.45, 7) is 0. The number of benzene rings is 9. The zero-order chi connectivity index (χ0) is 34.4. The van der Waals surface area contributed by atoms with Gasteiger partial charge in [0.2, 0.25) is 5.95 Å². The zero-order valence-electron chi connectivity index (χ0n) is 28.3. The first-order valence-corrected chi connectivity index (χ1v) is 17.6. The summed E-state index contributed by atoms with van der Waals surface area (Å²) in [6.07, 6.45) is 1.86. The predicted octanol–water partition coefficient (Wildman–Crippen LogP) is 13.1. The summed E-state index contributed by atoms with van der Waals surface area (Å²) in [6, 6.07) is 66.6. The van der Waals surface area contributed by atoms with Crippen molar-refractivity contribution in [3.63, 3.8) is 0 Å². The van der Waals surface area contributed by atoms with Crippen LogP contribution in [0.1, 0.15) is 0 Å². The van der Waals surface area contributed by atoms with Crippen LogP contribution < -0.4 is 9.80 Å². The Hall–Kier alpha value is -7.04. The smallest absolute Gasteiger partial charge is 0.235 e. The third kappa shape index (κ3) is 5.00. The Morgan fingerprint density at radius 2 is 0.885 bits per heavy atom. The van der Waals surface area contributed by atoms with E-state index in [9.17, 15) is 0 Å². The second-order valence-corrected chi connectivity index (χ2v) is 13.1. The number of hydrogen-bond acceptors (Lipinski definition) is 4. The first kappa shape index (κ1) is 29.8. The maximum atomic E-state index is 5.20. The molecular weight excluding hydrogens is 633 g/mol. The van der Waals surface area contributed by atoms with Gasteiger partial charge in [-0.15, -0.1) is 0 Å². The Balaban J connectivity index is 1.23. The van der Waals surface area contributed by atoms with Crippen LogP contribution in [0.4, 0.5) is 34.4 Å². The Labute approximate surface area is 301 Å². The van der Waals surface area contributed by atoms with E-state index in [4.69, 9.17) is 9.97 Å². The first-order valence-electron chi connectivity index (χ1n) is 17.6. The molecule has 0 aliphatic rings. The van der Waals surface area contributed by atoms with Crippen molar-refractivity contribution in [2.45, 2.75) is 0 Å². The molecule has 10 rings (SSSR count). The summed E-state index contributed by atoms with van der Waals surface area (Å²) >= 11 is 0. The van der Waals surface area contributed by atoms with E-state index in [1.54, 1.807) is 0 Å². The molecule has 0 unspecified atom stereocenters. The number of anilines is 6. The molecule has 0 fully saturated rings. The largest absolute Gasteiger partial charge is 0.310 e. The fourth-order valence-corrected chi connectivity index (χ4v) is 7.65. The third-order valence-electron chi connectivity index (χ3n) is 10.0. The van der Waals surface area contributed by atoms with Gasteiger partial charge in [-0.25, -0.2) is 9.97 Å². The second kappa shape index (κ2) is 12.4. The highest BCUT2D eigenvalue weighted by Crippen LogP contribution is 2.47. The molecule has 10 aromatic rings. The third-order valence-corrected chi connectivity index (χ3v) is 10.0. The maximum absolute atomic E-state index is 5.20. The van der Waals surface area contributed by atoms with Crippen molar-refractivity contribution in [1.29, 1.82) is 0 Å². The van der Waals surface area contributed by atoms with Crippen molar-refractivity contribution in [2.24, 2.45) is 0 Å². The van der Waals surface area contributed by atoms with E-state index < -0.39 is 0 Å². The van der Waals surface area contributed by atoms with E-state index in [1.807, 2.05) is 30.5 Å². The highest BCUT2D eigenvalue weighted by atomic mass is 15.3. The number of nitrogens with zero attached hydrogens (tertiary/aromatic N) is 4. The van der Waals surface area contributed by atoms with Gasteiger partial charge in [0.1, 0.15) is 0 Å². The zero-order valence-corrected chi connectivity index (χ0v) is 28.3. The standard InChI is InChI=1S/C48H32N4/c1-4-13-34(14-5-1)43-30-31-49-48(50-43)52(40-25-20-33-12-10-11-15-37(33)32-40)45-29-24-36-21-26-41-44(28-23-35-22-27-42(45)47(36)46(35)41)51(38-16-6-2-7-17-38)39-18-8-3-9-19-39/h1-32H. The molecule has 0 saturated heterocycles. The van der Waals surface area contributed by atoms with Crippen molar-refractivity contribution in [2.75, 3.05) is 9.80 Å². The topological polar surface area (TPSA) is 32.3 Å². The van der Waals surface area contributed by atoms with Crippen LogP contribution in [0.5, 0.6) is 0 Å². The molecule has 244 valence electrons. The molecule has 4 heteroatoms. The van der Waals surface area contributed by atoms with Crippen LogP contribution in [0.25, 0.3) is 54.3 Å². The van der Waals surface area contributed by atoms with E-state index in [1.165, 1.54) is 32.3 Å². The van der Waals surface area contributed by atoms with Gasteiger partial charge in [-0.05, 0) is 86.9 Å². The highest BCUT2D eigenvalue weighted by Gasteiger charge is 2.23. The number of hydrogen-bond donors (Lipinski definition) is 0. The van der Waals surface area contributed by atoms with Crippen molar-refractivity contribution < 1.29 is 0 Å². The van der Waals surface area contributed by atoms with Crippen molar-refractivity contribution >= 4 is 77.5 Å². The van der Waals surface area contributed by atoms with Gasteiger partial charge in [0, 0.05) is 39.6 Å². The lowest BCUT2D eigenvalue weighted by Crippen LogP contribution is -2.14. The highest BCUT2D eigenvalue weighted by molar-refractivity contribution is 6.28. The van der Waals surface area contributed by atoms with Crippen LogP contribution in [0, 0.1) is 0 Å². The molecule has 4 nitrogen and oxygen atoms in total. The Kier molecular flexibility index (Phi) is 7.10. The second-order valence-electron chi connectivity index (χ2n) is 13.1. The van der Waals surface area contributed by atoms with Gasteiger partial charge in [-0.1, -0.05) is 133 Å². The molecule has 1 heterocycles. The van der Waals surface area contributed by atoms with Gasteiger partial charge in [-0.3, -0.25) is 4.90 Å². The van der Waals surface area contributed by atoms with Gasteiger partial charge in [-0.2, -0.15) is 0 Å². The van der Waals surface area contributed by atoms with Crippen LogP contribution in [0.15, 0.2) is 194 Å². The van der Waals surface area contributed by atoms with E-state index in [-0.39, 0.29) is 0 Å². The van der Waals surface area contributed by atoms with Crippen molar-refractivity contribution in [1.82, 2.24) is 9.97 Å². The van der Waals surface area contributed by atoms with E-state index in [0.717, 1.165) is 50.5 Å². The maximum Gasteiger partial charge on any atom is 0.235 e. The Morgan fingerprint density at radius 1 is 0.365 bits per heavy atom. The van der Waals surface area contributed by atoms with Crippen molar-refractivity contribution in [3.8, 4) is 11.3 Å². The Bertz CT molecular complexity index is 2810. The molecule has 9 aromatic carbocycles. The molecule has 1 aromatic heterocycles. The number of fused-ring (bicyclic) bond motifs is 1. The average Bonchev–Trinajstić information content (AvgIpc) is 3.22. The van der Waals surface area contributed by atoms with Crippen LogP contribution in [-0.2, 0) is 0 Å². The fourth-order valence-electron chi connectivity index (χ4n) is 7.65. The van der Waals surface area contributed by atoms with Crippen LogP contribution in [0.2, 0.25) is 0 Å². The molecule has 0 amide bonds. The summed E-state index contributed by atoms with van der Waals surface area (Å²) in [5, 5.41) is 9.54. The summed E-state index contributed by atoms with van der Waals surface area (Å²) in [5.74, 6) is 0.617. The number of rotatable bonds is 7. The van der Waals surface area contributed by atoms with Gasteiger partial charge < -0.3 is 4.90 Å². The lowest BCUT2D eigenvalue weighted by Gasteiger charge is -2.28. The summed E-state index contributed by atoms with van der Waals surface area (Å²) < 4.78 is 0. The Morgan fingerprint density at radius 3 is 1.52 bits per heavy atom. The predicted molar refractivity (Wildman–Crippen MR) is 218 cm³/mol. The summed E-state index contributed by atoms with van der Waals surface area (Å²) in [5.41, 5.74) is 7.31. The fraction of sp³-hybridized carbons (Fsp3) is 0. The molecule has 0 saturated carbocycles. The molecule has 0 aliphatic heterocycles. The van der Waals surface area contributed by atoms with Crippen LogP contribution in [0.3, 0.4) is 0 Å². The molecule has 0 radical (unpaired) electrons. The molecule has 0 aliphatic carbocycles. The quantitative estimate of drug-likeness (QED) is 0.159. The van der Waals surface area contributed by atoms with E-state index in [0.29, 0.717) is 5.95 Å². The molecule has 0 bridgehead atoms. The molecular formula is C48H32N4. The van der Waals surface area contributed by atoms with Crippen LogP contribution in [-0.4, -0.2) is 9.97 Å². The minimum Gasteiger partial charge on any atom is -0.310 e. The molecule has 0 N–H and O–H groups in total. The van der Waals surface area contributed by atoms with Gasteiger partial charge in [0.25, 0.3) is 0 Å². The average molecular weight is 665 g/mol. The van der Waals surface area contributed by atoms with Gasteiger partial charge >= 0.3 is 0 Å². The molecule has 52 heavy (non-hydrogen) atoms. The first-order chi connectivity index (χ1) is 25.8. The molecule has 0 atom stereocenters.